The van der Waals surface area contributed by atoms with Crippen LogP contribution in [0.3, 0.4) is 0 Å². The van der Waals surface area contributed by atoms with E-state index < -0.39 is 0 Å². The lowest BCUT2D eigenvalue weighted by Gasteiger charge is -2.06. The van der Waals surface area contributed by atoms with E-state index in [4.69, 9.17) is 17.0 Å². The molecule has 6 heteroatoms. The van der Waals surface area contributed by atoms with E-state index in [0.717, 1.165) is 28.3 Å². The third-order valence-corrected chi connectivity index (χ3v) is 4.64. The highest BCUT2D eigenvalue weighted by molar-refractivity contribution is 7.71. The zero-order valence-electron chi connectivity index (χ0n) is 15.7. The lowest BCUT2D eigenvalue weighted by molar-refractivity contribution is 0.306. The topological polar surface area (TPSA) is 55.2 Å². The number of nitrogens with one attached hydrogen (secondary N) is 1. The molecule has 0 radical (unpaired) electrons. The van der Waals surface area contributed by atoms with E-state index in [0.29, 0.717) is 17.8 Å². The Morgan fingerprint density at radius 2 is 1.55 bits per heavy atom. The average molecular weight is 401 g/mol. The van der Waals surface area contributed by atoms with Crippen LogP contribution >= 0.6 is 12.2 Å². The second kappa shape index (κ2) is 9.12. The molecule has 0 atom stereocenters. The highest BCUT2D eigenvalue weighted by Gasteiger charge is 2.06. The number of hydrogen-bond acceptors (Lipinski definition) is 4. The maximum Gasteiger partial charge on any atom is 0.216 e. The molecule has 0 amide bonds. The number of hydrogen-bond donors (Lipinski definition) is 1. The minimum absolute atomic E-state index is 0.468. The van der Waals surface area contributed by atoms with Gasteiger partial charge in [-0.05, 0) is 53.2 Å². The minimum atomic E-state index is 0.468. The normalized spacial score (nSPS) is 11.0. The Morgan fingerprint density at radius 1 is 0.897 bits per heavy atom. The lowest BCUT2D eigenvalue weighted by atomic mass is 10.1. The van der Waals surface area contributed by atoms with Crippen molar-refractivity contribution in [2.75, 3.05) is 0 Å². The summed E-state index contributed by atoms with van der Waals surface area (Å²) >= 11 is 5.32. The summed E-state index contributed by atoms with van der Waals surface area (Å²) < 4.78 is 7.94. The van der Waals surface area contributed by atoms with Crippen LogP contribution in [-0.2, 0) is 13.0 Å². The van der Waals surface area contributed by atoms with Crippen LogP contribution in [0.2, 0.25) is 0 Å². The van der Waals surface area contributed by atoms with Gasteiger partial charge in [0, 0.05) is 6.42 Å². The van der Waals surface area contributed by atoms with E-state index in [1.807, 2.05) is 72.8 Å². The molecule has 1 N–H and O–H groups in total. The summed E-state index contributed by atoms with van der Waals surface area (Å²) in [6.45, 7) is 0.543. The molecule has 1 aromatic heterocycles. The Balaban J connectivity index is 1.43. The van der Waals surface area contributed by atoms with Gasteiger partial charge in [-0.25, -0.2) is 0 Å². The minimum Gasteiger partial charge on any atom is -0.489 e. The molecule has 144 valence electrons. The quantitative estimate of drug-likeness (QED) is 0.351. The van der Waals surface area contributed by atoms with Crippen molar-refractivity contribution in [3.8, 4) is 5.75 Å². The van der Waals surface area contributed by atoms with Gasteiger partial charge in [0.1, 0.15) is 12.4 Å². The molecule has 5 nitrogen and oxygen atoms in total. The summed E-state index contributed by atoms with van der Waals surface area (Å²) in [4.78, 5) is 0. The number of aromatic amines is 1. The van der Waals surface area contributed by atoms with Crippen molar-refractivity contribution in [1.29, 1.82) is 0 Å². The predicted octanol–water partition coefficient (Wildman–Crippen LogP) is 4.99. The van der Waals surface area contributed by atoms with E-state index in [2.05, 4.69) is 27.4 Å². The van der Waals surface area contributed by atoms with Crippen molar-refractivity contribution in [2.45, 2.75) is 13.0 Å². The molecule has 0 bridgehead atoms. The van der Waals surface area contributed by atoms with Gasteiger partial charge in [0.2, 0.25) is 4.77 Å². The maximum atomic E-state index is 5.82. The smallest absolute Gasteiger partial charge is 0.216 e. The number of aromatic nitrogens is 3. The summed E-state index contributed by atoms with van der Waals surface area (Å²) in [6.07, 6.45) is 2.42. The van der Waals surface area contributed by atoms with Gasteiger partial charge in [0.15, 0.2) is 5.82 Å². The first-order chi connectivity index (χ1) is 14.3. The van der Waals surface area contributed by atoms with Gasteiger partial charge in [-0.2, -0.15) is 14.9 Å². The van der Waals surface area contributed by atoms with Crippen molar-refractivity contribution in [2.24, 2.45) is 5.10 Å². The Bertz CT molecular complexity index is 1130. The van der Waals surface area contributed by atoms with Gasteiger partial charge in [0.25, 0.3) is 0 Å². The lowest BCUT2D eigenvalue weighted by Crippen LogP contribution is -2.00. The number of rotatable bonds is 7. The first-order valence-corrected chi connectivity index (χ1v) is 9.70. The molecule has 0 aliphatic heterocycles. The highest BCUT2D eigenvalue weighted by atomic mass is 32.1. The third-order valence-electron chi connectivity index (χ3n) is 4.37. The monoisotopic (exact) mass is 400 g/mol. The van der Waals surface area contributed by atoms with Crippen LogP contribution in [0.4, 0.5) is 0 Å². The molecule has 4 aromatic rings. The van der Waals surface area contributed by atoms with E-state index in [9.17, 15) is 0 Å². The second-order valence-electron chi connectivity index (χ2n) is 6.51. The number of nitrogens with zero attached hydrogens (tertiary/aromatic N) is 3. The molecule has 0 aliphatic rings. The summed E-state index contributed by atoms with van der Waals surface area (Å²) in [7, 11) is 0. The summed E-state index contributed by atoms with van der Waals surface area (Å²) in [6, 6.07) is 28.0. The Hall–Kier alpha value is -3.51. The fraction of sp³-hybridized carbons (Fsp3) is 0.0870. The second-order valence-corrected chi connectivity index (χ2v) is 6.89. The molecular formula is C23H20N4OS. The first-order valence-electron chi connectivity index (χ1n) is 9.29. The molecule has 0 saturated heterocycles. The fourth-order valence-electron chi connectivity index (χ4n) is 2.85. The molecule has 0 unspecified atom stereocenters. The molecular weight excluding hydrogens is 380 g/mol. The molecule has 0 fully saturated rings. The molecule has 4 rings (SSSR count). The van der Waals surface area contributed by atoms with Crippen LogP contribution in [-0.4, -0.2) is 21.1 Å². The summed E-state index contributed by atoms with van der Waals surface area (Å²) in [5, 5.41) is 11.6. The van der Waals surface area contributed by atoms with Gasteiger partial charge in [-0.1, -0.05) is 60.7 Å². The van der Waals surface area contributed by atoms with Gasteiger partial charge in [-0.15, -0.1) is 0 Å². The molecule has 0 spiro atoms. The fourth-order valence-corrected chi connectivity index (χ4v) is 3.05. The van der Waals surface area contributed by atoms with Gasteiger partial charge < -0.3 is 4.74 Å². The first kappa shape index (κ1) is 18.8. The SMILES string of the molecule is S=c1[nH]nc(Cc2ccccc2)n1/N=C\c1ccc(OCc2ccccc2)cc1. The van der Waals surface area contributed by atoms with Crippen LogP contribution in [0, 0.1) is 4.77 Å². The van der Waals surface area contributed by atoms with Crippen molar-refractivity contribution in [3.63, 3.8) is 0 Å². The van der Waals surface area contributed by atoms with Gasteiger partial charge in [-0.3, -0.25) is 5.10 Å². The molecule has 3 aromatic carbocycles. The third kappa shape index (κ3) is 5.06. The van der Waals surface area contributed by atoms with Crippen LogP contribution < -0.4 is 4.74 Å². The van der Waals surface area contributed by atoms with Crippen LogP contribution in [0.15, 0.2) is 90.0 Å². The number of benzene rings is 3. The van der Waals surface area contributed by atoms with Gasteiger partial charge >= 0.3 is 0 Å². The maximum absolute atomic E-state index is 5.82. The van der Waals surface area contributed by atoms with Crippen molar-refractivity contribution in [1.82, 2.24) is 14.9 Å². The molecule has 29 heavy (non-hydrogen) atoms. The van der Waals surface area contributed by atoms with Crippen LogP contribution in [0.5, 0.6) is 5.75 Å². The van der Waals surface area contributed by atoms with Crippen LogP contribution in [0.25, 0.3) is 0 Å². The van der Waals surface area contributed by atoms with E-state index in [1.165, 1.54) is 0 Å². The van der Waals surface area contributed by atoms with Crippen LogP contribution in [0.1, 0.15) is 22.5 Å². The van der Waals surface area contributed by atoms with Crippen molar-refractivity contribution < 1.29 is 4.74 Å². The highest BCUT2D eigenvalue weighted by Crippen LogP contribution is 2.14. The van der Waals surface area contributed by atoms with E-state index in [-0.39, 0.29) is 0 Å². The van der Waals surface area contributed by atoms with E-state index in [1.54, 1.807) is 10.9 Å². The summed E-state index contributed by atoms with van der Waals surface area (Å²) in [5.74, 6) is 1.58. The predicted molar refractivity (Wildman–Crippen MR) is 117 cm³/mol. The summed E-state index contributed by atoms with van der Waals surface area (Å²) in [5.41, 5.74) is 3.24. The van der Waals surface area contributed by atoms with Crippen molar-refractivity contribution in [3.05, 3.63) is 112 Å². The average Bonchev–Trinajstić information content (AvgIpc) is 3.12. The Labute approximate surface area is 174 Å². The number of H-pyrrole nitrogens is 1. The van der Waals surface area contributed by atoms with E-state index >= 15 is 0 Å². The van der Waals surface area contributed by atoms with Gasteiger partial charge in [0.05, 0.1) is 6.21 Å². The Morgan fingerprint density at radius 3 is 2.24 bits per heavy atom. The molecule has 1 heterocycles. The Kier molecular flexibility index (Phi) is 5.92. The van der Waals surface area contributed by atoms with Crippen molar-refractivity contribution >= 4 is 18.4 Å². The largest absolute Gasteiger partial charge is 0.489 e. The number of ether oxygens (including phenoxy) is 1. The molecule has 0 saturated carbocycles. The zero-order chi connectivity index (χ0) is 19.9. The molecule has 0 aliphatic carbocycles. The zero-order valence-corrected chi connectivity index (χ0v) is 16.5. The standard InChI is InChI=1S/C23H20N4OS/c29-23-26-25-22(15-18-7-3-1-4-8-18)27(23)24-16-19-11-13-21(14-12-19)28-17-20-9-5-2-6-10-20/h1-14,16H,15,17H2,(H,26,29)/b24-16-.